The SMILES string of the molecule is CCCCCC/C=C\CCCCCCCCCC(=O)NC(COP(=O)([O-])OCC[N+](C)(C)C)C(/C=C\CCCCCCCCCCCC)OC(=O)CCCCCCCCCCCCCCCCCCCCCCCCCCC. The third-order valence-corrected chi connectivity index (χ3v) is 16.6. The summed E-state index contributed by atoms with van der Waals surface area (Å²) in [6, 6.07) is -0.885. The lowest BCUT2D eigenvalue weighted by molar-refractivity contribution is -0.870. The molecule has 78 heavy (non-hydrogen) atoms. The van der Waals surface area contributed by atoms with Crippen molar-refractivity contribution in [1.29, 1.82) is 0 Å². The van der Waals surface area contributed by atoms with Crippen molar-refractivity contribution in [3.05, 3.63) is 24.3 Å². The first-order valence-corrected chi connectivity index (χ1v) is 35.6. The maximum Gasteiger partial charge on any atom is 0.306 e. The molecule has 3 unspecified atom stereocenters. The molecular formula is C68H133N2O7P. The summed E-state index contributed by atoms with van der Waals surface area (Å²) in [5.41, 5.74) is 0. The molecule has 0 heterocycles. The van der Waals surface area contributed by atoms with Crippen LogP contribution in [0, 0.1) is 0 Å². The van der Waals surface area contributed by atoms with Gasteiger partial charge in [0.2, 0.25) is 5.91 Å². The van der Waals surface area contributed by atoms with Crippen LogP contribution in [0.2, 0.25) is 0 Å². The average molecular weight is 1120 g/mol. The molecule has 0 saturated heterocycles. The zero-order chi connectivity index (χ0) is 57.2. The fourth-order valence-corrected chi connectivity index (χ4v) is 11.1. The van der Waals surface area contributed by atoms with Crippen LogP contribution >= 0.6 is 7.82 Å². The van der Waals surface area contributed by atoms with E-state index < -0.39 is 20.0 Å². The summed E-state index contributed by atoms with van der Waals surface area (Å²) in [7, 11) is 1.20. The second kappa shape index (κ2) is 58.7. The molecule has 0 radical (unpaired) electrons. The molecule has 0 aliphatic heterocycles. The maximum absolute atomic E-state index is 13.5. The lowest BCUT2D eigenvalue weighted by atomic mass is 10.0. The Labute approximate surface area is 485 Å². The second-order valence-electron chi connectivity index (χ2n) is 24.7. The Kier molecular flexibility index (Phi) is 57.5. The van der Waals surface area contributed by atoms with Crippen LogP contribution in [0.25, 0.3) is 0 Å². The minimum absolute atomic E-state index is 0.0195. The number of amides is 1. The highest BCUT2D eigenvalue weighted by atomic mass is 31.2. The zero-order valence-electron chi connectivity index (χ0n) is 52.9. The topological polar surface area (TPSA) is 114 Å². The number of carbonyl (C=O) groups is 2. The van der Waals surface area contributed by atoms with Gasteiger partial charge in [0.15, 0.2) is 0 Å². The van der Waals surface area contributed by atoms with Crippen LogP contribution in [0.4, 0.5) is 0 Å². The van der Waals surface area contributed by atoms with Gasteiger partial charge in [0.25, 0.3) is 7.82 Å². The van der Waals surface area contributed by atoms with E-state index in [2.05, 4.69) is 38.2 Å². The van der Waals surface area contributed by atoms with Crippen LogP contribution in [-0.2, 0) is 27.9 Å². The van der Waals surface area contributed by atoms with Crippen LogP contribution in [0.1, 0.15) is 348 Å². The molecule has 0 saturated carbocycles. The number of rotatable bonds is 63. The van der Waals surface area contributed by atoms with Gasteiger partial charge in [0.1, 0.15) is 19.3 Å². The Balaban J connectivity index is 5.02. The summed E-state index contributed by atoms with van der Waals surface area (Å²) in [6.07, 6.45) is 70.2. The van der Waals surface area contributed by atoms with Gasteiger partial charge < -0.3 is 28.5 Å². The number of quaternary nitrogens is 1. The number of nitrogens with zero attached hydrogens (tertiary/aromatic N) is 1. The van der Waals surface area contributed by atoms with Crippen molar-refractivity contribution in [2.45, 2.75) is 360 Å². The van der Waals surface area contributed by atoms with Gasteiger partial charge in [-0.05, 0) is 57.4 Å². The van der Waals surface area contributed by atoms with E-state index in [-0.39, 0.29) is 31.5 Å². The Bertz CT molecular complexity index is 1380. The number of esters is 1. The summed E-state index contributed by atoms with van der Waals surface area (Å²) < 4.78 is 30.4. The van der Waals surface area contributed by atoms with Crippen LogP contribution < -0.4 is 10.2 Å². The molecular weight excluding hydrogens is 988 g/mol. The van der Waals surface area contributed by atoms with Gasteiger partial charge in [-0.2, -0.15) is 0 Å². The fraction of sp³-hybridized carbons (Fsp3) is 0.912. The Morgan fingerprint density at radius 2 is 0.744 bits per heavy atom. The van der Waals surface area contributed by atoms with Gasteiger partial charge in [-0.3, -0.25) is 14.2 Å². The number of phosphoric ester groups is 1. The number of carbonyl (C=O) groups excluding carboxylic acids is 2. The van der Waals surface area contributed by atoms with Gasteiger partial charge in [-0.25, -0.2) is 0 Å². The summed E-state index contributed by atoms with van der Waals surface area (Å²) >= 11 is 0. The van der Waals surface area contributed by atoms with Crippen LogP contribution in [0.15, 0.2) is 24.3 Å². The number of likely N-dealkylation sites (N-methyl/N-ethyl adjacent to an activating group) is 1. The molecule has 0 aliphatic carbocycles. The minimum Gasteiger partial charge on any atom is -0.756 e. The van der Waals surface area contributed by atoms with Gasteiger partial charge in [0.05, 0.1) is 33.8 Å². The highest BCUT2D eigenvalue weighted by molar-refractivity contribution is 7.45. The first-order chi connectivity index (χ1) is 37.9. The second-order valence-corrected chi connectivity index (χ2v) is 26.1. The molecule has 0 aromatic carbocycles. The van der Waals surface area contributed by atoms with Crippen molar-refractivity contribution in [3.8, 4) is 0 Å². The van der Waals surface area contributed by atoms with E-state index in [1.165, 1.54) is 244 Å². The predicted molar refractivity (Wildman–Crippen MR) is 335 cm³/mol. The highest BCUT2D eigenvalue weighted by Gasteiger charge is 2.27. The van der Waals surface area contributed by atoms with Crippen molar-refractivity contribution in [3.63, 3.8) is 0 Å². The average Bonchev–Trinajstić information content (AvgIpc) is 3.40. The lowest BCUT2D eigenvalue weighted by Crippen LogP contribution is -2.47. The van der Waals surface area contributed by atoms with Gasteiger partial charge in [0, 0.05) is 12.8 Å². The Morgan fingerprint density at radius 3 is 1.10 bits per heavy atom. The van der Waals surface area contributed by atoms with Crippen molar-refractivity contribution < 1.29 is 37.3 Å². The summed E-state index contributed by atoms with van der Waals surface area (Å²) in [5.74, 6) is -0.527. The number of allylic oxidation sites excluding steroid dienone is 3. The van der Waals surface area contributed by atoms with Gasteiger partial charge >= 0.3 is 5.97 Å². The number of unbranched alkanes of at least 4 members (excludes halogenated alkanes) is 45. The normalized spacial score (nSPS) is 13.7. The molecule has 0 aromatic heterocycles. The molecule has 0 bridgehead atoms. The van der Waals surface area contributed by atoms with Crippen LogP contribution in [0.3, 0.4) is 0 Å². The van der Waals surface area contributed by atoms with E-state index in [9.17, 15) is 19.0 Å². The first-order valence-electron chi connectivity index (χ1n) is 34.1. The highest BCUT2D eigenvalue weighted by Crippen LogP contribution is 2.38. The Morgan fingerprint density at radius 1 is 0.436 bits per heavy atom. The molecule has 1 N–H and O–H groups in total. The van der Waals surface area contributed by atoms with Crippen molar-refractivity contribution in [1.82, 2.24) is 5.32 Å². The summed E-state index contributed by atoms with van der Waals surface area (Å²) in [5, 5.41) is 3.04. The molecule has 462 valence electrons. The standard InChI is InChI=1S/C68H133N2O7P/c1-7-10-13-16-19-22-25-28-30-31-32-33-34-35-36-37-38-39-41-43-46-49-52-55-58-61-68(72)77-66(59-56-53-50-47-44-27-24-21-18-15-12-9-3)65(64-76-78(73,74)75-63-62-70(4,5)6)69-67(71)60-57-54-51-48-45-42-40-29-26-23-20-17-14-11-8-2/h23,26,56,59,65-66H,7-22,24-25,27-55,57-58,60-64H2,1-6H3,(H-,69,71,73,74)/b26-23-,59-56-. The molecule has 9 nitrogen and oxygen atoms in total. The summed E-state index contributed by atoms with van der Waals surface area (Å²) in [4.78, 5) is 40.1. The molecule has 0 spiro atoms. The van der Waals surface area contributed by atoms with E-state index in [1.807, 2.05) is 33.3 Å². The van der Waals surface area contributed by atoms with E-state index in [4.69, 9.17) is 13.8 Å². The molecule has 0 aromatic rings. The van der Waals surface area contributed by atoms with Crippen LogP contribution in [0.5, 0.6) is 0 Å². The molecule has 3 atom stereocenters. The minimum atomic E-state index is -4.70. The van der Waals surface area contributed by atoms with Crippen LogP contribution in [-0.4, -0.2) is 69.4 Å². The number of hydrogen-bond donors (Lipinski definition) is 1. The largest absolute Gasteiger partial charge is 0.756 e. The van der Waals surface area contributed by atoms with Gasteiger partial charge in [-0.1, -0.05) is 302 Å². The smallest absolute Gasteiger partial charge is 0.306 e. The fourth-order valence-electron chi connectivity index (χ4n) is 10.3. The number of ether oxygens (including phenoxy) is 1. The van der Waals surface area contributed by atoms with E-state index in [0.29, 0.717) is 17.4 Å². The number of nitrogens with one attached hydrogen (secondary N) is 1. The monoisotopic (exact) mass is 1120 g/mol. The third kappa shape index (κ3) is 59.1. The van der Waals surface area contributed by atoms with E-state index in [0.717, 1.165) is 70.6 Å². The molecule has 0 aliphatic rings. The zero-order valence-corrected chi connectivity index (χ0v) is 53.8. The molecule has 0 rings (SSSR count). The molecule has 1 amide bonds. The maximum atomic E-state index is 13.5. The lowest BCUT2D eigenvalue weighted by Gasteiger charge is -2.30. The van der Waals surface area contributed by atoms with E-state index in [1.54, 1.807) is 0 Å². The summed E-state index contributed by atoms with van der Waals surface area (Å²) in [6.45, 7) is 6.88. The molecule has 10 heteroatoms. The number of phosphoric acid groups is 1. The molecule has 0 fully saturated rings. The van der Waals surface area contributed by atoms with Crippen molar-refractivity contribution in [2.75, 3.05) is 40.9 Å². The van der Waals surface area contributed by atoms with Crippen molar-refractivity contribution in [2.24, 2.45) is 0 Å². The van der Waals surface area contributed by atoms with Crippen molar-refractivity contribution >= 4 is 19.7 Å². The predicted octanol–water partition coefficient (Wildman–Crippen LogP) is 20.7. The quantitative estimate of drug-likeness (QED) is 0.0212. The Hall–Kier alpha value is -1.51. The van der Waals surface area contributed by atoms with E-state index >= 15 is 0 Å². The first kappa shape index (κ1) is 76.5. The third-order valence-electron chi connectivity index (χ3n) is 15.6. The van der Waals surface area contributed by atoms with Gasteiger partial charge in [-0.15, -0.1) is 0 Å². The number of hydrogen-bond acceptors (Lipinski definition) is 7.